The van der Waals surface area contributed by atoms with E-state index in [4.69, 9.17) is 10.8 Å². The summed E-state index contributed by atoms with van der Waals surface area (Å²) in [4.78, 5) is 10.8. The number of rotatable bonds is 2. The molecule has 0 aromatic heterocycles. The Morgan fingerprint density at radius 3 is 2.73 bits per heavy atom. The highest BCUT2D eigenvalue weighted by Crippen LogP contribution is 2.50. The average Bonchev–Trinajstić information content (AvgIpc) is 2.85. The van der Waals surface area contributed by atoms with Crippen LogP contribution in [0, 0.1) is 6.92 Å². The third-order valence-corrected chi connectivity index (χ3v) is 3.04. The molecule has 1 fully saturated rings. The zero-order valence-corrected chi connectivity index (χ0v) is 8.40. The Bertz CT molecular complexity index is 430. The number of carbonyl (C=O) groups is 1. The maximum atomic E-state index is 10.8. The summed E-state index contributed by atoms with van der Waals surface area (Å²) in [5.74, 6) is -0.971. The molecule has 1 aliphatic carbocycles. The first-order valence-electron chi connectivity index (χ1n) is 4.77. The van der Waals surface area contributed by atoms with Crippen molar-refractivity contribution in [3.63, 3.8) is 0 Å². The summed E-state index contributed by atoms with van der Waals surface area (Å²) < 4.78 is 0. The van der Waals surface area contributed by atoms with Gasteiger partial charge < -0.3 is 15.9 Å². The van der Waals surface area contributed by atoms with E-state index in [2.05, 4.69) is 0 Å². The molecule has 4 N–H and O–H groups in total. The summed E-state index contributed by atoms with van der Waals surface area (Å²) in [6.07, 6.45) is 0.435. The maximum Gasteiger partial charge on any atom is 0.324 e. The number of aromatic hydroxyl groups is 1. The van der Waals surface area contributed by atoms with Gasteiger partial charge >= 0.3 is 5.97 Å². The van der Waals surface area contributed by atoms with Gasteiger partial charge in [0.05, 0.1) is 0 Å². The van der Waals surface area contributed by atoms with Gasteiger partial charge in [0.2, 0.25) is 0 Å². The van der Waals surface area contributed by atoms with E-state index in [9.17, 15) is 9.90 Å². The molecular formula is C11H13NO3. The lowest BCUT2D eigenvalue weighted by molar-refractivity contribution is -0.139. The van der Waals surface area contributed by atoms with Gasteiger partial charge in [-0.25, -0.2) is 0 Å². The molecule has 0 spiro atoms. The standard InChI is InChI=1S/C11H13NO3/c1-6-2-3-7(4-9(6)13)8-5-11(8,12)10(14)15/h2-4,8,13H,5,12H2,1H3,(H,14,15)/t8-,11-/m0/s1. The second kappa shape index (κ2) is 2.97. The Morgan fingerprint density at radius 1 is 1.60 bits per heavy atom. The number of phenols is 1. The zero-order valence-electron chi connectivity index (χ0n) is 8.40. The molecule has 4 heteroatoms. The minimum absolute atomic E-state index is 0.179. The maximum absolute atomic E-state index is 10.8. The number of nitrogens with two attached hydrogens (primary N) is 1. The number of benzene rings is 1. The third-order valence-electron chi connectivity index (χ3n) is 3.04. The van der Waals surface area contributed by atoms with Crippen LogP contribution in [-0.4, -0.2) is 21.7 Å². The third kappa shape index (κ3) is 1.47. The number of hydrogen-bond acceptors (Lipinski definition) is 3. The smallest absolute Gasteiger partial charge is 0.324 e. The largest absolute Gasteiger partial charge is 0.508 e. The first-order chi connectivity index (χ1) is 6.95. The summed E-state index contributed by atoms with van der Waals surface area (Å²) in [5, 5.41) is 18.4. The van der Waals surface area contributed by atoms with Crippen molar-refractivity contribution in [1.29, 1.82) is 0 Å². The molecule has 80 valence electrons. The Labute approximate surface area is 87.3 Å². The minimum atomic E-state index is -1.14. The first-order valence-corrected chi connectivity index (χ1v) is 4.77. The highest BCUT2D eigenvalue weighted by molar-refractivity contribution is 5.85. The highest BCUT2D eigenvalue weighted by atomic mass is 16.4. The molecule has 0 aliphatic heterocycles. The van der Waals surface area contributed by atoms with Gasteiger partial charge in [-0.05, 0) is 30.5 Å². The Kier molecular flexibility index (Phi) is 1.98. The van der Waals surface area contributed by atoms with Crippen LogP contribution < -0.4 is 5.73 Å². The van der Waals surface area contributed by atoms with E-state index < -0.39 is 11.5 Å². The van der Waals surface area contributed by atoms with Crippen molar-refractivity contribution in [3.05, 3.63) is 29.3 Å². The van der Waals surface area contributed by atoms with Crippen LogP contribution in [0.25, 0.3) is 0 Å². The van der Waals surface area contributed by atoms with Crippen LogP contribution in [0.5, 0.6) is 5.75 Å². The van der Waals surface area contributed by atoms with Gasteiger partial charge in [0.1, 0.15) is 11.3 Å². The molecule has 2 atom stereocenters. The molecular weight excluding hydrogens is 194 g/mol. The molecule has 0 heterocycles. The number of aliphatic carboxylic acids is 1. The van der Waals surface area contributed by atoms with E-state index in [1.54, 1.807) is 19.1 Å². The Morgan fingerprint density at radius 2 is 2.27 bits per heavy atom. The van der Waals surface area contributed by atoms with Crippen LogP contribution in [0.4, 0.5) is 0 Å². The average molecular weight is 207 g/mol. The van der Waals surface area contributed by atoms with Gasteiger partial charge in [-0.1, -0.05) is 12.1 Å². The number of aryl methyl sites for hydroxylation is 1. The number of carboxylic acids is 1. The predicted octanol–water partition coefficient (Wildman–Crippen LogP) is 0.970. The van der Waals surface area contributed by atoms with Crippen LogP contribution >= 0.6 is 0 Å². The highest BCUT2D eigenvalue weighted by Gasteiger charge is 2.58. The summed E-state index contributed by atoms with van der Waals surface area (Å²) in [6, 6.07) is 5.18. The van der Waals surface area contributed by atoms with Gasteiger partial charge in [0.25, 0.3) is 0 Å². The molecule has 0 saturated heterocycles. The van der Waals surface area contributed by atoms with Crippen molar-refractivity contribution in [2.45, 2.75) is 24.8 Å². The predicted molar refractivity (Wildman–Crippen MR) is 54.8 cm³/mol. The number of phenolic OH excluding ortho intramolecular Hbond substituents is 1. The molecule has 1 aromatic carbocycles. The molecule has 1 aromatic rings. The molecule has 4 nitrogen and oxygen atoms in total. The molecule has 1 saturated carbocycles. The molecule has 2 rings (SSSR count). The van der Waals surface area contributed by atoms with Gasteiger partial charge in [0, 0.05) is 5.92 Å². The summed E-state index contributed by atoms with van der Waals surface area (Å²) in [5.41, 5.74) is 6.11. The Balaban J connectivity index is 2.27. The number of carboxylic acid groups (broad SMARTS) is 1. The van der Waals surface area contributed by atoms with Crippen molar-refractivity contribution < 1.29 is 15.0 Å². The molecule has 0 unspecified atom stereocenters. The lowest BCUT2D eigenvalue weighted by Gasteiger charge is -2.06. The quantitative estimate of drug-likeness (QED) is 0.674. The second-order valence-corrected chi connectivity index (χ2v) is 4.15. The van der Waals surface area contributed by atoms with Crippen LogP contribution in [0.2, 0.25) is 0 Å². The molecule has 15 heavy (non-hydrogen) atoms. The topological polar surface area (TPSA) is 83.6 Å². The molecule has 1 aliphatic rings. The molecule has 0 amide bonds. The fourth-order valence-corrected chi connectivity index (χ4v) is 1.77. The fourth-order valence-electron chi connectivity index (χ4n) is 1.77. The van der Waals surface area contributed by atoms with E-state index in [0.717, 1.165) is 11.1 Å². The van der Waals surface area contributed by atoms with Gasteiger partial charge in [-0.2, -0.15) is 0 Å². The van der Waals surface area contributed by atoms with Gasteiger partial charge in [-0.3, -0.25) is 4.79 Å². The van der Waals surface area contributed by atoms with Crippen LogP contribution in [0.3, 0.4) is 0 Å². The Hall–Kier alpha value is -1.55. The fraction of sp³-hybridized carbons (Fsp3) is 0.364. The van der Waals surface area contributed by atoms with Crippen molar-refractivity contribution in [2.75, 3.05) is 0 Å². The number of hydrogen-bond donors (Lipinski definition) is 3. The van der Waals surface area contributed by atoms with Crippen molar-refractivity contribution in [2.24, 2.45) is 5.73 Å². The summed E-state index contributed by atoms with van der Waals surface area (Å²) >= 11 is 0. The monoisotopic (exact) mass is 207 g/mol. The van der Waals surface area contributed by atoms with Crippen LogP contribution in [0.15, 0.2) is 18.2 Å². The van der Waals surface area contributed by atoms with E-state index >= 15 is 0 Å². The van der Waals surface area contributed by atoms with Gasteiger partial charge in [-0.15, -0.1) is 0 Å². The van der Waals surface area contributed by atoms with E-state index in [1.807, 2.05) is 6.07 Å². The van der Waals surface area contributed by atoms with Crippen molar-refractivity contribution in [3.8, 4) is 5.75 Å². The lowest BCUT2D eigenvalue weighted by Crippen LogP contribution is -2.34. The minimum Gasteiger partial charge on any atom is -0.508 e. The lowest BCUT2D eigenvalue weighted by atomic mass is 10.0. The summed E-state index contributed by atoms with van der Waals surface area (Å²) in [6.45, 7) is 1.79. The first kappa shape index (κ1) is 9.98. The normalized spacial score (nSPS) is 28.8. The van der Waals surface area contributed by atoms with Gasteiger partial charge in [0.15, 0.2) is 0 Å². The van der Waals surface area contributed by atoms with E-state index in [-0.39, 0.29) is 11.7 Å². The summed E-state index contributed by atoms with van der Waals surface area (Å²) in [7, 11) is 0. The molecule has 0 radical (unpaired) electrons. The van der Waals surface area contributed by atoms with Crippen molar-refractivity contribution in [1.82, 2.24) is 0 Å². The van der Waals surface area contributed by atoms with E-state index in [0.29, 0.717) is 6.42 Å². The zero-order chi connectivity index (χ0) is 11.2. The van der Waals surface area contributed by atoms with Crippen molar-refractivity contribution >= 4 is 5.97 Å². The SMILES string of the molecule is Cc1ccc([C@@H]2C[C@@]2(N)C(=O)O)cc1O. The van der Waals surface area contributed by atoms with E-state index in [1.165, 1.54) is 0 Å². The molecule has 0 bridgehead atoms. The second-order valence-electron chi connectivity index (χ2n) is 4.15. The van der Waals surface area contributed by atoms with Crippen LogP contribution in [0.1, 0.15) is 23.5 Å². The van der Waals surface area contributed by atoms with Crippen LogP contribution in [-0.2, 0) is 4.79 Å².